The van der Waals surface area contributed by atoms with Gasteiger partial charge in [0.2, 0.25) is 0 Å². The number of carbonyl (C=O) groups is 2. The number of piperazine rings is 1. The Labute approximate surface area is 155 Å². The molecule has 2 heterocycles. The van der Waals surface area contributed by atoms with Crippen LogP contribution in [0.5, 0.6) is 0 Å². The number of carbonyl (C=O) groups excluding carboxylic acids is 2. The van der Waals surface area contributed by atoms with Crippen molar-refractivity contribution in [1.82, 2.24) is 10.2 Å². The number of hydrogen-bond donors (Lipinski definition) is 3. The van der Waals surface area contributed by atoms with Gasteiger partial charge in [0, 0.05) is 18.7 Å². The molecule has 0 aromatic heterocycles. The van der Waals surface area contributed by atoms with Crippen LogP contribution < -0.4 is 15.1 Å². The zero-order valence-corrected chi connectivity index (χ0v) is 15.2. The molecule has 0 bridgehead atoms. The summed E-state index contributed by atoms with van der Waals surface area (Å²) in [6, 6.07) is 4.83. The van der Waals surface area contributed by atoms with Crippen LogP contribution in [0.1, 0.15) is 18.1 Å². The van der Waals surface area contributed by atoms with Crippen LogP contribution in [-0.2, 0) is 17.5 Å². The van der Waals surface area contributed by atoms with E-state index in [0.29, 0.717) is 25.2 Å². The summed E-state index contributed by atoms with van der Waals surface area (Å²) in [5, 5.41) is 2.63. The summed E-state index contributed by atoms with van der Waals surface area (Å²) in [5.74, 6) is -0.165. The first-order valence-corrected chi connectivity index (χ1v) is 9.19. The summed E-state index contributed by atoms with van der Waals surface area (Å²) in [4.78, 5) is 27.7. The Kier molecular flexibility index (Phi) is 5.71. The normalized spacial score (nSPS) is 24.6. The van der Waals surface area contributed by atoms with Gasteiger partial charge in [0.25, 0.3) is 5.91 Å². The highest BCUT2D eigenvalue weighted by Crippen LogP contribution is 2.29. The van der Waals surface area contributed by atoms with Crippen molar-refractivity contribution in [2.75, 3.05) is 39.3 Å². The number of halogens is 3. The first-order valence-electron chi connectivity index (χ1n) is 9.19. The molecule has 0 unspecified atom stereocenters. The molecule has 2 fully saturated rings. The van der Waals surface area contributed by atoms with E-state index in [9.17, 15) is 22.8 Å². The van der Waals surface area contributed by atoms with Crippen molar-refractivity contribution < 1.29 is 32.6 Å². The lowest BCUT2D eigenvalue weighted by molar-refractivity contribution is -1.02. The average Bonchev–Trinajstić information content (AvgIpc) is 3.06. The summed E-state index contributed by atoms with van der Waals surface area (Å²) in [5.41, 5.74) is 0.0490. The standard InChI is InChI=1S/C18H23F3N4O2/c1-13(16(26)25-6-5-22-17(25)27)24-9-7-23(8-10-24)12-14-3-2-4-15(11-14)18(19,20)21/h2-4,11,13H,5-10,12H2,1H3,(H,22,27)/p+2/t13-/m0/s1. The molecule has 0 spiro atoms. The van der Waals surface area contributed by atoms with Crippen molar-refractivity contribution in [1.29, 1.82) is 0 Å². The highest BCUT2D eigenvalue weighted by atomic mass is 19.4. The van der Waals surface area contributed by atoms with Crippen LogP contribution in [0.4, 0.5) is 18.0 Å². The molecule has 1 aromatic rings. The number of nitrogens with zero attached hydrogens (tertiary/aromatic N) is 1. The van der Waals surface area contributed by atoms with Gasteiger partial charge in [-0.25, -0.2) is 4.79 Å². The predicted octanol–water partition coefficient (Wildman–Crippen LogP) is -1.07. The van der Waals surface area contributed by atoms with Crippen molar-refractivity contribution in [3.63, 3.8) is 0 Å². The molecule has 9 heteroatoms. The summed E-state index contributed by atoms with van der Waals surface area (Å²) in [6.45, 7) is 6.30. The van der Waals surface area contributed by atoms with E-state index in [2.05, 4.69) is 5.32 Å². The molecular formula is C18H25F3N4O2+2. The smallest absolute Gasteiger partial charge is 0.336 e. The Morgan fingerprint density at radius 3 is 2.56 bits per heavy atom. The molecule has 27 heavy (non-hydrogen) atoms. The summed E-state index contributed by atoms with van der Waals surface area (Å²) >= 11 is 0. The number of imide groups is 1. The van der Waals surface area contributed by atoms with E-state index in [0.717, 1.165) is 37.1 Å². The van der Waals surface area contributed by atoms with Gasteiger partial charge < -0.3 is 15.1 Å². The van der Waals surface area contributed by atoms with E-state index in [4.69, 9.17) is 0 Å². The molecule has 3 rings (SSSR count). The minimum Gasteiger partial charge on any atom is -0.336 e. The van der Waals surface area contributed by atoms with E-state index < -0.39 is 11.7 Å². The van der Waals surface area contributed by atoms with Crippen LogP contribution in [0, 0.1) is 0 Å². The van der Waals surface area contributed by atoms with Gasteiger partial charge >= 0.3 is 12.2 Å². The van der Waals surface area contributed by atoms with Crippen molar-refractivity contribution in [3.05, 3.63) is 35.4 Å². The number of quaternary nitrogens is 2. The van der Waals surface area contributed by atoms with E-state index in [1.165, 1.54) is 21.9 Å². The van der Waals surface area contributed by atoms with Gasteiger partial charge in [-0.3, -0.25) is 9.69 Å². The van der Waals surface area contributed by atoms with Gasteiger partial charge in [0.15, 0.2) is 6.04 Å². The minimum atomic E-state index is -4.33. The largest absolute Gasteiger partial charge is 0.416 e. The minimum absolute atomic E-state index is 0.165. The number of amides is 3. The lowest BCUT2D eigenvalue weighted by atomic mass is 10.1. The molecule has 0 radical (unpaired) electrons. The van der Waals surface area contributed by atoms with Crippen LogP contribution in [0.25, 0.3) is 0 Å². The second kappa shape index (κ2) is 7.85. The first kappa shape index (κ1) is 19.6. The lowest BCUT2D eigenvalue weighted by Crippen LogP contribution is -3.29. The second-order valence-electron chi connectivity index (χ2n) is 7.23. The summed E-state index contributed by atoms with van der Waals surface area (Å²) in [7, 11) is 0. The molecule has 148 valence electrons. The Bertz CT molecular complexity index is 702. The van der Waals surface area contributed by atoms with E-state index in [1.54, 1.807) is 6.07 Å². The third-order valence-corrected chi connectivity index (χ3v) is 5.41. The highest BCUT2D eigenvalue weighted by molar-refractivity contribution is 5.97. The van der Waals surface area contributed by atoms with Crippen molar-refractivity contribution in [2.24, 2.45) is 0 Å². The lowest BCUT2D eigenvalue weighted by Gasteiger charge is -2.33. The zero-order chi connectivity index (χ0) is 19.6. The molecule has 2 saturated heterocycles. The Hall–Kier alpha value is -2.13. The maximum absolute atomic E-state index is 12.8. The maximum atomic E-state index is 12.8. The molecule has 2 aliphatic heterocycles. The fraction of sp³-hybridized carbons (Fsp3) is 0.556. The third-order valence-electron chi connectivity index (χ3n) is 5.41. The fourth-order valence-corrected chi connectivity index (χ4v) is 3.77. The van der Waals surface area contributed by atoms with Crippen LogP contribution in [0.3, 0.4) is 0 Å². The SMILES string of the molecule is C[C@@H](C(=O)N1CCNC1=O)[NH+]1CC[NH+](Cc2cccc(C(F)(F)F)c2)CC1. The second-order valence-corrected chi connectivity index (χ2v) is 7.23. The van der Waals surface area contributed by atoms with E-state index in [-0.39, 0.29) is 18.0 Å². The quantitative estimate of drug-likeness (QED) is 0.617. The zero-order valence-electron chi connectivity index (χ0n) is 15.2. The Morgan fingerprint density at radius 2 is 1.96 bits per heavy atom. The number of benzene rings is 1. The van der Waals surface area contributed by atoms with Gasteiger partial charge in [0.05, 0.1) is 5.56 Å². The molecular weight excluding hydrogens is 361 g/mol. The molecule has 1 aromatic carbocycles. The van der Waals surface area contributed by atoms with Crippen LogP contribution >= 0.6 is 0 Å². The number of alkyl halides is 3. The van der Waals surface area contributed by atoms with Gasteiger partial charge in [0.1, 0.15) is 32.7 Å². The van der Waals surface area contributed by atoms with Gasteiger partial charge in [-0.15, -0.1) is 0 Å². The number of rotatable bonds is 4. The molecule has 0 aliphatic carbocycles. The van der Waals surface area contributed by atoms with Gasteiger partial charge in [-0.2, -0.15) is 13.2 Å². The molecule has 6 nitrogen and oxygen atoms in total. The predicted molar refractivity (Wildman–Crippen MR) is 91.1 cm³/mol. The fourth-order valence-electron chi connectivity index (χ4n) is 3.77. The molecule has 3 N–H and O–H groups in total. The summed E-state index contributed by atoms with van der Waals surface area (Å²) in [6.07, 6.45) is -4.33. The van der Waals surface area contributed by atoms with Gasteiger partial charge in [-0.1, -0.05) is 12.1 Å². The Balaban J connectivity index is 1.53. The number of nitrogens with one attached hydrogen (secondary N) is 3. The monoisotopic (exact) mass is 386 g/mol. The van der Waals surface area contributed by atoms with E-state index >= 15 is 0 Å². The molecule has 0 saturated carbocycles. The van der Waals surface area contributed by atoms with Gasteiger partial charge in [-0.05, 0) is 19.1 Å². The van der Waals surface area contributed by atoms with Crippen LogP contribution in [-0.4, -0.2) is 62.1 Å². The highest BCUT2D eigenvalue weighted by Gasteiger charge is 2.37. The van der Waals surface area contributed by atoms with Crippen molar-refractivity contribution in [3.8, 4) is 0 Å². The van der Waals surface area contributed by atoms with Crippen molar-refractivity contribution >= 4 is 11.9 Å². The molecule has 2 aliphatic rings. The number of hydrogen-bond acceptors (Lipinski definition) is 2. The van der Waals surface area contributed by atoms with Crippen LogP contribution in [0.15, 0.2) is 24.3 Å². The molecule has 1 atom stereocenters. The van der Waals surface area contributed by atoms with Crippen molar-refractivity contribution in [2.45, 2.75) is 25.7 Å². The average molecular weight is 386 g/mol. The maximum Gasteiger partial charge on any atom is 0.416 e. The third kappa shape index (κ3) is 4.59. The number of urea groups is 1. The first-order chi connectivity index (χ1) is 12.8. The topological polar surface area (TPSA) is 58.3 Å². The molecule has 3 amide bonds. The summed E-state index contributed by atoms with van der Waals surface area (Å²) < 4.78 is 38.5. The van der Waals surface area contributed by atoms with Crippen LogP contribution in [0.2, 0.25) is 0 Å². The Morgan fingerprint density at radius 1 is 1.26 bits per heavy atom. The van der Waals surface area contributed by atoms with E-state index in [1.807, 2.05) is 6.92 Å².